The standard InChI is InChI=1S/C24H24FN3O3S/c1-17(29)27-12-11-22(24-26-21(16-32-24)19-9-5-6-10-20(19)25)28(14-13-27)23(30)15-31-18-7-3-2-4-8-18/h2-10,16,22H,11-15H2,1H3. The molecule has 4 rings (SSSR count). The zero-order valence-corrected chi connectivity index (χ0v) is 18.6. The number of aromatic nitrogens is 1. The van der Waals surface area contributed by atoms with Gasteiger partial charge in [0.15, 0.2) is 6.61 Å². The number of ether oxygens (including phenoxy) is 1. The Bertz CT molecular complexity index is 1090. The maximum absolute atomic E-state index is 14.2. The highest BCUT2D eigenvalue weighted by Gasteiger charge is 2.32. The van der Waals surface area contributed by atoms with Crippen molar-refractivity contribution in [1.29, 1.82) is 0 Å². The minimum absolute atomic E-state index is 0.0234. The number of benzene rings is 2. The number of nitrogens with zero attached hydrogens (tertiary/aromatic N) is 3. The highest BCUT2D eigenvalue weighted by molar-refractivity contribution is 7.10. The van der Waals surface area contributed by atoms with Crippen LogP contribution in [0, 0.1) is 5.82 Å². The van der Waals surface area contributed by atoms with E-state index < -0.39 is 0 Å². The van der Waals surface area contributed by atoms with E-state index in [1.807, 2.05) is 23.6 Å². The Balaban J connectivity index is 1.57. The molecule has 1 fully saturated rings. The van der Waals surface area contributed by atoms with Crippen LogP contribution < -0.4 is 4.74 Å². The number of rotatable bonds is 5. The second-order valence-electron chi connectivity index (χ2n) is 7.55. The van der Waals surface area contributed by atoms with Crippen LogP contribution in [0.2, 0.25) is 0 Å². The first-order valence-corrected chi connectivity index (χ1v) is 11.3. The molecule has 0 N–H and O–H groups in total. The molecule has 1 saturated heterocycles. The topological polar surface area (TPSA) is 62.7 Å². The number of carbonyl (C=O) groups is 2. The molecule has 2 amide bonds. The third-order valence-electron chi connectivity index (χ3n) is 5.49. The van der Waals surface area contributed by atoms with Crippen LogP contribution in [0.1, 0.15) is 24.4 Å². The van der Waals surface area contributed by atoms with Crippen molar-refractivity contribution in [2.24, 2.45) is 0 Å². The van der Waals surface area contributed by atoms with E-state index in [-0.39, 0.29) is 30.3 Å². The molecule has 0 aliphatic carbocycles. The molecule has 2 heterocycles. The summed E-state index contributed by atoms with van der Waals surface area (Å²) in [4.78, 5) is 33.2. The van der Waals surface area contributed by atoms with Crippen LogP contribution in [0.3, 0.4) is 0 Å². The number of hydrogen-bond donors (Lipinski definition) is 0. The summed E-state index contributed by atoms with van der Waals surface area (Å²) in [6.45, 7) is 2.79. The number of carbonyl (C=O) groups excluding carboxylic acids is 2. The summed E-state index contributed by atoms with van der Waals surface area (Å²) in [6, 6.07) is 15.4. The Kier molecular flexibility index (Phi) is 6.80. The number of halogens is 1. The molecule has 1 aliphatic heterocycles. The predicted molar refractivity (Wildman–Crippen MR) is 121 cm³/mol. The minimum Gasteiger partial charge on any atom is -0.484 e. The van der Waals surface area contributed by atoms with Gasteiger partial charge < -0.3 is 14.5 Å². The van der Waals surface area contributed by atoms with Crippen LogP contribution in [0.25, 0.3) is 11.3 Å². The fraction of sp³-hybridized carbons (Fsp3) is 0.292. The monoisotopic (exact) mass is 453 g/mol. The lowest BCUT2D eigenvalue weighted by Gasteiger charge is -2.28. The SMILES string of the molecule is CC(=O)N1CCC(c2nc(-c3ccccc3F)cs2)N(C(=O)COc2ccccc2)CC1. The van der Waals surface area contributed by atoms with E-state index in [0.29, 0.717) is 43.1 Å². The molecular weight excluding hydrogens is 429 g/mol. The molecule has 2 aromatic carbocycles. The summed E-state index contributed by atoms with van der Waals surface area (Å²) in [5, 5.41) is 2.53. The number of hydrogen-bond acceptors (Lipinski definition) is 5. The van der Waals surface area contributed by atoms with Crippen molar-refractivity contribution in [2.45, 2.75) is 19.4 Å². The highest BCUT2D eigenvalue weighted by Crippen LogP contribution is 2.33. The van der Waals surface area contributed by atoms with Gasteiger partial charge in [-0.3, -0.25) is 9.59 Å². The smallest absolute Gasteiger partial charge is 0.261 e. The maximum Gasteiger partial charge on any atom is 0.261 e. The summed E-state index contributed by atoms with van der Waals surface area (Å²) in [6.07, 6.45) is 0.556. The van der Waals surface area contributed by atoms with Crippen molar-refractivity contribution in [1.82, 2.24) is 14.8 Å². The second-order valence-corrected chi connectivity index (χ2v) is 8.44. The van der Waals surface area contributed by atoms with Gasteiger partial charge in [0.25, 0.3) is 5.91 Å². The Morgan fingerprint density at radius 1 is 1.09 bits per heavy atom. The van der Waals surface area contributed by atoms with Crippen molar-refractivity contribution < 1.29 is 18.7 Å². The number of thiazole rings is 1. The van der Waals surface area contributed by atoms with Crippen molar-refractivity contribution in [2.75, 3.05) is 26.2 Å². The van der Waals surface area contributed by atoms with Gasteiger partial charge in [0.05, 0.1) is 11.7 Å². The van der Waals surface area contributed by atoms with E-state index in [0.717, 1.165) is 5.01 Å². The zero-order valence-electron chi connectivity index (χ0n) is 17.7. The first kappa shape index (κ1) is 22.0. The first-order valence-electron chi connectivity index (χ1n) is 10.5. The van der Waals surface area contributed by atoms with Crippen LogP contribution in [-0.2, 0) is 9.59 Å². The molecule has 6 nitrogen and oxygen atoms in total. The fourth-order valence-electron chi connectivity index (χ4n) is 3.78. The van der Waals surface area contributed by atoms with Crippen LogP contribution in [0.4, 0.5) is 4.39 Å². The first-order chi connectivity index (χ1) is 15.5. The van der Waals surface area contributed by atoms with Crippen LogP contribution >= 0.6 is 11.3 Å². The zero-order chi connectivity index (χ0) is 22.5. The molecule has 166 valence electrons. The number of amides is 2. The van der Waals surface area contributed by atoms with Crippen LogP contribution in [0.5, 0.6) is 5.75 Å². The maximum atomic E-state index is 14.2. The van der Waals surface area contributed by atoms with Gasteiger partial charge in [0.2, 0.25) is 5.91 Å². The molecule has 1 unspecified atom stereocenters. The van der Waals surface area contributed by atoms with Gasteiger partial charge in [-0.15, -0.1) is 11.3 Å². The molecule has 0 bridgehead atoms. The lowest BCUT2D eigenvalue weighted by Crippen LogP contribution is -2.40. The van der Waals surface area contributed by atoms with E-state index in [4.69, 9.17) is 4.74 Å². The Morgan fingerprint density at radius 3 is 2.59 bits per heavy atom. The summed E-state index contributed by atoms with van der Waals surface area (Å²) >= 11 is 1.40. The largest absolute Gasteiger partial charge is 0.484 e. The molecule has 0 saturated carbocycles. The quantitative estimate of drug-likeness (QED) is 0.582. The molecule has 0 radical (unpaired) electrons. The minimum atomic E-state index is -0.336. The van der Waals surface area contributed by atoms with E-state index in [1.165, 1.54) is 24.3 Å². The second kappa shape index (κ2) is 9.91. The summed E-state index contributed by atoms with van der Waals surface area (Å²) < 4.78 is 19.9. The predicted octanol–water partition coefficient (Wildman–Crippen LogP) is 4.15. The third kappa shape index (κ3) is 4.96. The summed E-state index contributed by atoms with van der Waals surface area (Å²) in [5.74, 6) is 0.0857. The van der Waals surface area contributed by atoms with Crippen molar-refractivity contribution >= 4 is 23.2 Å². The average Bonchev–Trinajstić information content (AvgIpc) is 3.17. The van der Waals surface area contributed by atoms with Gasteiger partial charge in [-0.05, 0) is 30.7 Å². The van der Waals surface area contributed by atoms with E-state index in [9.17, 15) is 14.0 Å². The Labute approximate surface area is 190 Å². The fourth-order valence-corrected chi connectivity index (χ4v) is 4.74. The van der Waals surface area contributed by atoms with E-state index in [2.05, 4.69) is 4.98 Å². The Morgan fingerprint density at radius 2 is 1.84 bits per heavy atom. The highest BCUT2D eigenvalue weighted by atomic mass is 32.1. The molecule has 1 atom stereocenters. The summed E-state index contributed by atoms with van der Waals surface area (Å²) in [5.41, 5.74) is 0.975. The van der Waals surface area contributed by atoms with Gasteiger partial charge in [0.1, 0.15) is 16.6 Å². The Hall–Kier alpha value is -3.26. The van der Waals surface area contributed by atoms with Crippen LogP contribution in [-0.4, -0.2) is 52.8 Å². The summed E-state index contributed by atoms with van der Waals surface area (Å²) in [7, 11) is 0. The lowest BCUT2D eigenvalue weighted by molar-refractivity contribution is -0.136. The van der Waals surface area contributed by atoms with Crippen LogP contribution in [0.15, 0.2) is 60.0 Å². The van der Waals surface area contributed by atoms with E-state index >= 15 is 0 Å². The van der Waals surface area contributed by atoms with Gasteiger partial charge in [-0.25, -0.2) is 9.37 Å². The molecule has 8 heteroatoms. The van der Waals surface area contributed by atoms with Crippen molar-refractivity contribution in [3.8, 4) is 17.0 Å². The third-order valence-corrected chi connectivity index (χ3v) is 6.43. The van der Waals surface area contributed by atoms with Crippen molar-refractivity contribution in [3.63, 3.8) is 0 Å². The van der Waals surface area contributed by atoms with E-state index in [1.54, 1.807) is 40.1 Å². The molecule has 1 aromatic heterocycles. The van der Waals surface area contributed by atoms with Gasteiger partial charge in [-0.2, -0.15) is 0 Å². The average molecular weight is 454 g/mol. The normalized spacial score (nSPS) is 16.5. The molecule has 32 heavy (non-hydrogen) atoms. The lowest BCUT2D eigenvalue weighted by atomic mass is 10.1. The van der Waals surface area contributed by atoms with Gasteiger partial charge >= 0.3 is 0 Å². The van der Waals surface area contributed by atoms with Crippen molar-refractivity contribution in [3.05, 3.63) is 70.8 Å². The molecular formula is C24H24FN3O3S. The molecule has 0 spiro atoms. The molecule has 3 aromatic rings. The molecule has 1 aliphatic rings. The number of para-hydroxylation sites is 1. The van der Waals surface area contributed by atoms with Gasteiger partial charge in [-0.1, -0.05) is 30.3 Å². The van der Waals surface area contributed by atoms with Gasteiger partial charge in [0, 0.05) is 37.5 Å².